The van der Waals surface area contributed by atoms with Gasteiger partial charge in [0.25, 0.3) is 0 Å². The van der Waals surface area contributed by atoms with Crippen LogP contribution in [0.25, 0.3) is 0 Å². The van der Waals surface area contributed by atoms with E-state index in [1.54, 1.807) is 12.1 Å². The summed E-state index contributed by atoms with van der Waals surface area (Å²) in [6.07, 6.45) is 0.890. The quantitative estimate of drug-likeness (QED) is 0.740. The molecule has 106 valence electrons. The summed E-state index contributed by atoms with van der Waals surface area (Å²) >= 11 is 0. The van der Waals surface area contributed by atoms with Crippen LogP contribution in [0.2, 0.25) is 0 Å². The van der Waals surface area contributed by atoms with Gasteiger partial charge in [-0.25, -0.2) is 4.79 Å². The Hall–Kier alpha value is -2.20. The predicted molar refractivity (Wildman–Crippen MR) is 83.7 cm³/mol. The standard InChI is InChI=1S/C15H16N2O2.ClH/c16-13-10-12(15(18)19)6-7-14(13)17-9-8-11-4-2-1-3-5-11;/h1-7,10,17H,8-9,16H2,(H,18,19);1H. The van der Waals surface area contributed by atoms with Crippen molar-refractivity contribution in [2.75, 3.05) is 17.6 Å². The molecule has 2 rings (SSSR count). The molecule has 0 saturated heterocycles. The molecule has 20 heavy (non-hydrogen) atoms. The average molecular weight is 293 g/mol. The molecule has 0 bridgehead atoms. The molecule has 0 aliphatic heterocycles. The first kappa shape index (κ1) is 15.9. The highest BCUT2D eigenvalue weighted by atomic mass is 35.5. The van der Waals surface area contributed by atoms with Crippen LogP contribution in [0.1, 0.15) is 15.9 Å². The van der Waals surface area contributed by atoms with Gasteiger partial charge in [0.15, 0.2) is 0 Å². The second kappa shape index (κ2) is 7.40. The number of halogens is 1. The number of carboxylic acids is 1. The summed E-state index contributed by atoms with van der Waals surface area (Å²) in [5, 5.41) is 12.1. The molecular formula is C15H17ClN2O2. The summed E-state index contributed by atoms with van der Waals surface area (Å²) in [6, 6.07) is 14.8. The second-order valence-electron chi connectivity index (χ2n) is 4.27. The molecule has 2 aromatic carbocycles. The van der Waals surface area contributed by atoms with Gasteiger partial charge in [-0.2, -0.15) is 0 Å². The summed E-state index contributed by atoms with van der Waals surface area (Å²) in [5.41, 5.74) is 8.48. The van der Waals surface area contributed by atoms with Gasteiger partial charge >= 0.3 is 5.97 Å². The lowest BCUT2D eigenvalue weighted by Crippen LogP contribution is -2.08. The Morgan fingerprint density at radius 1 is 1.15 bits per heavy atom. The number of nitrogens with two attached hydrogens (primary N) is 1. The molecule has 4 N–H and O–H groups in total. The number of hydrogen-bond donors (Lipinski definition) is 3. The first-order chi connectivity index (χ1) is 9.16. The first-order valence-electron chi connectivity index (χ1n) is 6.07. The van der Waals surface area contributed by atoms with E-state index in [0.717, 1.165) is 18.7 Å². The van der Waals surface area contributed by atoms with Crippen molar-refractivity contribution in [2.45, 2.75) is 6.42 Å². The zero-order valence-corrected chi connectivity index (χ0v) is 11.7. The highest BCUT2D eigenvalue weighted by Crippen LogP contribution is 2.19. The smallest absolute Gasteiger partial charge is 0.335 e. The largest absolute Gasteiger partial charge is 0.478 e. The maximum absolute atomic E-state index is 10.8. The number of carbonyl (C=O) groups is 1. The topological polar surface area (TPSA) is 75.4 Å². The molecule has 0 amide bonds. The molecule has 0 saturated carbocycles. The number of carboxylic acid groups (broad SMARTS) is 1. The van der Waals surface area contributed by atoms with Crippen LogP contribution in [0.5, 0.6) is 0 Å². The van der Waals surface area contributed by atoms with Crippen LogP contribution in [0, 0.1) is 0 Å². The zero-order valence-electron chi connectivity index (χ0n) is 10.9. The molecule has 5 heteroatoms. The van der Waals surface area contributed by atoms with Gasteiger partial charge in [-0.15, -0.1) is 12.4 Å². The fourth-order valence-corrected chi connectivity index (χ4v) is 1.84. The lowest BCUT2D eigenvalue weighted by Gasteiger charge is -2.10. The van der Waals surface area contributed by atoms with E-state index in [0.29, 0.717) is 5.69 Å². The van der Waals surface area contributed by atoms with Gasteiger partial charge in [0, 0.05) is 6.54 Å². The van der Waals surface area contributed by atoms with Crippen molar-refractivity contribution in [1.82, 2.24) is 0 Å². The third-order valence-electron chi connectivity index (χ3n) is 2.87. The van der Waals surface area contributed by atoms with Gasteiger partial charge in [0.1, 0.15) is 0 Å². The molecule has 4 nitrogen and oxygen atoms in total. The second-order valence-corrected chi connectivity index (χ2v) is 4.27. The van der Waals surface area contributed by atoms with Gasteiger partial charge in [-0.05, 0) is 30.2 Å². The summed E-state index contributed by atoms with van der Waals surface area (Å²) in [6.45, 7) is 0.751. The Morgan fingerprint density at radius 3 is 2.45 bits per heavy atom. The number of aromatic carboxylic acids is 1. The van der Waals surface area contributed by atoms with Crippen molar-refractivity contribution in [2.24, 2.45) is 0 Å². The van der Waals surface area contributed by atoms with Gasteiger partial charge < -0.3 is 16.2 Å². The molecule has 0 aliphatic carbocycles. The Morgan fingerprint density at radius 2 is 1.85 bits per heavy atom. The van der Waals surface area contributed by atoms with E-state index < -0.39 is 5.97 Å². The fraction of sp³-hybridized carbons (Fsp3) is 0.133. The van der Waals surface area contributed by atoms with E-state index in [1.165, 1.54) is 11.6 Å². The lowest BCUT2D eigenvalue weighted by molar-refractivity contribution is 0.0697. The van der Waals surface area contributed by atoms with Crippen molar-refractivity contribution in [3.8, 4) is 0 Å². The molecule has 2 aromatic rings. The molecule has 0 atom stereocenters. The van der Waals surface area contributed by atoms with E-state index in [4.69, 9.17) is 10.8 Å². The van der Waals surface area contributed by atoms with Crippen LogP contribution in [-0.4, -0.2) is 17.6 Å². The number of nitrogen functional groups attached to an aromatic ring is 1. The molecule has 0 spiro atoms. The first-order valence-corrected chi connectivity index (χ1v) is 6.07. The lowest BCUT2D eigenvalue weighted by atomic mass is 10.1. The minimum Gasteiger partial charge on any atom is -0.478 e. The van der Waals surface area contributed by atoms with Crippen LogP contribution in [0.15, 0.2) is 48.5 Å². The van der Waals surface area contributed by atoms with E-state index >= 15 is 0 Å². The van der Waals surface area contributed by atoms with Crippen LogP contribution in [0.4, 0.5) is 11.4 Å². The van der Waals surface area contributed by atoms with E-state index in [2.05, 4.69) is 17.4 Å². The van der Waals surface area contributed by atoms with Crippen LogP contribution in [-0.2, 0) is 6.42 Å². The molecule has 0 aromatic heterocycles. The van der Waals surface area contributed by atoms with E-state index in [-0.39, 0.29) is 18.0 Å². The average Bonchev–Trinajstić information content (AvgIpc) is 2.41. The van der Waals surface area contributed by atoms with Crippen LogP contribution < -0.4 is 11.1 Å². The molecule has 0 fully saturated rings. The maximum Gasteiger partial charge on any atom is 0.335 e. The van der Waals surface area contributed by atoms with Gasteiger partial charge in [0.05, 0.1) is 16.9 Å². The van der Waals surface area contributed by atoms with Crippen molar-refractivity contribution in [3.05, 3.63) is 59.7 Å². The van der Waals surface area contributed by atoms with Gasteiger partial charge in [-0.1, -0.05) is 30.3 Å². The maximum atomic E-state index is 10.8. The summed E-state index contributed by atoms with van der Waals surface area (Å²) < 4.78 is 0. The predicted octanol–water partition coefficient (Wildman–Crippen LogP) is 3.04. The third kappa shape index (κ3) is 4.17. The number of anilines is 2. The van der Waals surface area contributed by atoms with E-state index in [1.807, 2.05) is 18.2 Å². The Balaban J connectivity index is 0.00000200. The monoisotopic (exact) mass is 292 g/mol. The summed E-state index contributed by atoms with van der Waals surface area (Å²) in [5.74, 6) is -0.970. The summed E-state index contributed by atoms with van der Waals surface area (Å²) in [4.78, 5) is 10.8. The number of rotatable bonds is 5. The number of nitrogens with one attached hydrogen (secondary N) is 1. The van der Waals surface area contributed by atoms with Crippen molar-refractivity contribution >= 4 is 29.8 Å². The van der Waals surface area contributed by atoms with Crippen molar-refractivity contribution in [3.63, 3.8) is 0 Å². The fourth-order valence-electron chi connectivity index (χ4n) is 1.84. The van der Waals surface area contributed by atoms with E-state index in [9.17, 15) is 4.79 Å². The molecule has 0 aliphatic rings. The van der Waals surface area contributed by atoms with Gasteiger partial charge in [0.2, 0.25) is 0 Å². The molecular weight excluding hydrogens is 276 g/mol. The Labute approximate surface area is 124 Å². The third-order valence-corrected chi connectivity index (χ3v) is 2.87. The number of hydrogen-bond acceptors (Lipinski definition) is 3. The van der Waals surface area contributed by atoms with Gasteiger partial charge in [-0.3, -0.25) is 0 Å². The van der Waals surface area contributed by atoms with Crippen LogP contribution in [0.3, 0.4) is 0 Å². The Kier molecular flexibility index (Phi) is 5.87. The SMILES string of the molecule is Cl.Nc1cc(C(=O)O)ccc1NCCc1ccccc1. The zero-order chi connectivity index (χ0) is 13.7. The van der Waals surface area contributed by atoms with Crippen molar-refractivity contribution < 1.29 is 9.90 Å². The minimum atomic E-state index is -0.970. The van der Waals surface area contributed by atoms with Crippen LogP contribution >= 0.6 is 12.4 Å². The number of benzene rings is 2. The van der Waals surface area contributed by atoms with Crippen molar-refractivity contribution in [1.29, 1.82) is 0 Å². The molecule has 0 heterocycles. The highest BCUT2D eigenvalue weighted by molar-refractivity contribution is 5.90. The normalized spacial score (nSPS) is 9.60. The molecule has 0 radical (unpaired) electrons. The minimum absolute atomic E-state index is 0. The summed E-state index contributed by atoms with van der Waals surface area (Å²) in [7, 11) is 0. The highest BCUT2D eigenvalue weighted by Gasteiger charge is 2.05. The molecule has 0 unspecified atom stereocenters. The Bertz CT molecular complexity index is 573.